The van der Waals surface area contributed by atoms with E-state index in [9.17, 15) is 0 Å². The van der Waals surface area contributed by atoms with Gasteiger partial charge < -0.3 is 4.57 Å². The third kappa shape index (κ3) is 6.18. The van der Waals surface area contributed by atoms with Gasteiger partial charge in [-0.1, -0.05) is 182 Å². The summed E-state index contributed by atoms with van der Waals surface area (Å²) in [5.41, 5.74) is 13.3. The zero-order valence-corrected chi connectivity index (χ0v) is 34.3. The van der Waals surface area contributed by atoms with E-state index in [1.807, 2.05) is 6.07 Å². The second-order valence-corrected chi connectivity index (χ2v) is 16.6. The van der Waals surface area contributed by atoms with Gasteiger partial charge in [0, 0.05) is 53.3 Å². The van der Waals surface area contributed by atoms with Crippen LogP contribution in [0.2, 0.25) is 0 Å². The van der Waals surface area contributed by atoms with Crippen molar-refractivity contribution in [3.05, 3.63) is 218 Å². The van der Waals surface area contributed by atoms with Crippen LogP contribution < -0.4 is 0 Å². The summed E-state index contributed by atoms with van der Waals surface area (Å²) < 4.78 is 4.77. The number of para-hydroxylation sites is 2. The Kier molecular flexibility index (Phi) is 8.65. The van der Waals surface area contributed by atoms with Crippen molar-refractivity contribution in [3.63, 3.8) is 0 Å². The number of rotatable bonds is 7. The standard InChI is InChI=1S/C57H36N4S/c1-2-13-41(14-3-1)44-15-4-5-19-49(44)56-58-55(59-57(60-56)50-21-12-20-48-47-18-8-11-24-53(47)62-54(48)50)42-31-29-39(30-32-42)37-25-27-38(28-26-37)40-33-35-43(36-34-40)61-51-22-9-6-16-45(51)46-17-7-10-23-52(46)61/h1-36H. The van der Waals surface area contributed by atoms with Gasteiger partial charge in [-0.2, -0.15) is 0 Å². The van der Waals surface area contributed by atoms with Crippen molar-refractivity contribution in [1.29, 1.82) is 0 Å². The number of hydrogen-bond donors (Lipinski definition) is 0. The van der Waals surface area contributed by atoms with E-state index >= 15 is 0 Å². The molecule has 0 aliphatic heterocycles. The first-order valence-electron chi connectivity index (χ1n) is 20.8. The van der Waals surface area contributed by atoms with E-state index in [4.69, 9.17) is 15.0 Å². The largest absolute Gasteiger partial charge is 0.309 e. The minimum Gasteiger partial charge on any atom is -0.309 e. The molecule has 0 bridgehead atoms. The van der Waals surface area contributed by atoms with E-state index in [0.717, 1.165) is 44.6 Å². The second kappa shape index (κ2) is 14.9. The summed E-state index contributed by atoms with van der Waals surface area (Å²) in [5, 5.41) is 4.99. The van der Waals surface area contributed by atoms with Gasteiger partial charge in [0.25, 0.3) is 0 Å². The van der Waals surface area contributed by atoms with Crippen molar-refractivity contribution in [2.45, 2.75) is 0 Å². The van der Waals surface area contributed by atoms with Crippen LogP contribution in [0, 0.1) is 0 Å². The fraction of sp³-hybridized carbons (Fsp3) is 0. The van der Waals surface area contributed by atoms with Crippen molar-refractivity contribution in [1.82, 2.24) is 19.5 Å². The molecule has 12 aromatic rings. The van der Waals surface area contributed by atoms with E-state index in [-0.39, 0.29) is 0 Å². The van der Waals surface area contributed by atoms with Crippen LogP contribution in [-0.4, -0.2) is 19.5 Å². The predicted molar refractivity (Wildman–Crippen MR) is 260 cm³/mol. The summed E-state index contributed by atoms with van der Waals surface area (Å²) in [4.78, 5) is 15.6. The molecule has 0 N–H and O–H groups in total. The molecule has 4 nitrogen and oxygen atoms in total. The van der Waals surface area contributed by atoms with Crippen LogP contribution in [-0.2, 0) is 0 Å². The van der Waals surface area contributed by atoms with Crippen LogP contribution in [0.15, 0.2) is 218 Å². The van der Waals surface area contributed by atoms with Gasteiger partial charge in [0.15, 0.2) is 17.5 Å². The van der Waals surface area contributed by atoms with Crippen LogP contribution in [0.5, 0.6) is 0 Å². The van der Waals surface area contributed by atoms with E-state index in [1.54, 1.807) is 11.3 Å². The van der Waals surface area contributed by atoms with Gasteiger partial charge in [-0.15, -0.1) is 11.3 Å². The quantitative estimate of drug-likeness (QED) is 0.161. The summed E-state index contributed by atoms with van der Waals surface area (Å²) in [6.07, 6.45) is 0. The van der Waals surface area contributed by atoms with Crippen molar-refractivity contribution in [3.8, 4) is 73.2 Å². The highest BCUT2D eigenvalue weighted by atomic mass is 32.1. The Morgan fingerprint density at radius 2 is 0.742 bits per heavy atom. The maximum absolute atomic E-state index is 5.23. The molecule has 0 saturated heterocycles. The minimum atomic E-state index is 0.636. The average molecular weight is 809 g/mol. The van der Waals surface area contributed by atoms with Gasteiger partial charge in [-0.05, 0) is 69.8 Å². The third-order valence-corrected chi connectivity index (χ3v) is 13.2. The third-order valence-electron chi connectivity index (χ3n) is 11.9. The topological polar surface area (TPSA) is 43.6 Å². The molecule has 0 saturated carbocycles. The average Bonchev–Trinajstić information content (AvgIpc) is 3.90. The smallest absolute Gasteiger partial charge is 0.165 e. The van der Waals surface area contributed by atoms with Gasteiger partial charge in [-0.3, -0.25) is 0 Å². The van der Waals surface area contributed by atoms with Gasteiger partial charge in [-0.25, -0.2) is 15.0 Å². The molecule has 0 aliphatic rings. The van der Waals surface area contributed by atoms with Crippen molar-refractivity contribution in [2.75, 3.05) is 0 Å². The molecule has 0 unspecified atom stereocenters. The SMILES string of the molecule is c1ccc(-c2ccccc2-c2nc(-c3ccc(-c4ccc(-c5ccc(-n6c7ccccc7c7ccccc76)cc5)cc4)cc3)nc(-c3cccc4c3sc3ccccc34)n2)cc1. The number of aromatic nitrogens is 4. The normalized spacial score (nSPS) is 11.5. The van der Waals surface area contributed by atoms with Gasteiger partial charge >= 0.3 is 0 Å². The number of hydrogen-bond acceptors (Lipinski definition) is 4. The lowest BCUT2D eigenvalue weighted by atomic mass is 9.98. The van der Waals surface area contributed by atoms with Crippen molar-refractivity contribution < 1.29 is 0 Å². The molecule has 3 heterocycles. The fourth-order valence-electron chi connectivity index (χ4n) is 8.89. The van der Waals surface area contributed by atoms with Crippen LogP contribution in [0.25, 0.3) is 115 Å². The highest BCUT2D eigenvalue weighted by Crippen LogP contribution is 2.41. The molecule has 0 amide bonds. The maximum atomic E-state index is 5.23. The monoisotopic (exact) mass is 808 g/mol. The predicted octanol–water partition coefficient (Wildman–Crippen LogP) is 15.3. The van der Waals surface area contributed by atoms with Gasteiger partial charge in [0.05, 0.1) is 11.0 Å². The number of nitrogens with zero attached hydrogens (tertiary/aromatic N) is 4. The molecular formula is C57H36N4S. The van der Waals surface area contributed by atoms with E-state index in [0.29, 0.717) is 17.5 Å². The second-order valence-electron chi connectivity index (χ2n) is 15.6. The Hall–Kier alpha value is -7.99. The van der Waals surface area contributed by atoms with E-state index < -0.39 is 0 Å². The van der Waals surface area contributed by atoms with Crippen LogP contribution >= 0.6 is 11.3 Å². The summed E-state index contributed by atoms with van der Waals surface area (Å²) in [5.74, 6) is 1.94. The highest BCUT2D eigenvalue weighted by Gasteiger charge is 2.19. The number of fused-ring (bicyclic) bond motifs is 6. The fourth-order valence-corrected chi connectivity index (χ4v) is 10.1. The van der Waals surface area contributed by atoms with Gasteiger partial charge in [0.2, 0.25) is 0 Å². The first-order valence-corrected chi connectivity index (χ1v) is 21.7. The molecule has 290 valence electrons. The zero-order chi connectivity index (χ0) is 41.0. The molecular weight excluding hydrogens is 773 g/mol. The Labute approximate surface area is 362 Å². The van der Waals surface area contributed by atoms with E-state index in [1.165, 1.54) is 53.1 Å². The Bertz CT molecular complexity index is 3550. The lowest BCUT2D eigenvalue weighted by molar-refractivity contribution is 1.08. The van der Waals surface area contributed by atoms with Crippen molar-refractivity contribution >= 4 is 53.3 Å². The number of benzene rings is 9. The van der Waals surface area contributed by atoms with Crippen molar-refractivity contribution in [2.24, 2.45) is 0 Å². The lowest BCUT2D eigenvalue weighted by Gasteiger charge is -2.12. The molecule has 5 heteroatoms. The molecule has 9 aromatic carbocycles. The van der Waals surface area contributed by atoms with E-state index in [2.05, 4.69) is 217 Å². The van der Waals surface area contributed by atoms with Crippen LogP contribution in [0.3, 0.4) is 0 Å². The van der Waals surface area contributed by atoms with Crippen LogP contribution in [0.1, 0.15) is 0 Å². The molecule has 12 rings (SSSR count). The Balaban J connectivity index is 0.887. The molecule has 0 fully saturated rings. The zero-order valence-electron chi connectivity index (χ0n) is 33.5. The molecule has 0 radical (unpaired) electrons. The molecule has 62 heavy (non-hydrogen) atoms. The molecule has 3 aromatic heterocycles. The molecule has 0 spiro atoms. The Morgan fingerprint density at radius 1 is 0.290 bits per heavy atom. The summed E-state index contributed by atoms with van der Waals surface area (Å²) in [7, 11) is 0. The number of thiophene rings is 1. The molecule has 0 aliphatic carbocycles. The summed E-state index contributed by atoms with van der Waals surface area (Å²) in [6.45, 7) is 0. The van der Waals surface area contributed by atoms with Crippen LogP contribution in [0.4, 0.5) is 0 Å². The summed E-state index contributed by atoms with van der Waals surface area (Å²) in [6, 6.07) is 77.4. The first kappa shape index (κ1) is 35.9. The first-order chi connectivity index (χ1) is 30.7. The lowest BCUT2D eigenvalue weighted by Crippen LogP contribution is -2.01. The molecule has 0 atom stereocenters. The van der Waals surface area contributed by atoms with Gasteiger partial charge in [0.1, 0.15) is 0 Å². The highest BCUT2D eigenvalue weighted by molar-refractivity contribution is 7.26. The maximum Gasteiger partial charge on any atom is 0.165 e. The Morgan fingerprint density at radius 3 is 1.39 bits per heavy atom. The minimum absolute atomic E-state index is 0.636. The summed E-state index contributed by atoms with van der Waals surface area (Å²) >= 11 is 1.78.